The van der Waals surface area contributed by atoms with E-state index in [1.54, 1.807) is 32.2 Å². The van der Waals surface area contributed by atoms with E-state index in [-0.39, 0.29) is 17.4 Å². The molecular weight excluding hydrogens is 254 g/mol. The summed E-state index contributed by atoms with van der Waals surface area (Å²) in [5.41, 5.74) is 0.631. The average molecular weight is 269 g/mol. The second-order valence-electron chi connectivity index (χ2n) is 4.50. The molecule has 1 aliphatic heterocycles. The van der Waals surface area contributed by atoms with Crippen molar-refractivity contribution in [3.05, 3.63) is 24.3 Å². The zero-order chi connectivity index (χ0) is 13.5. The second-order valence-corrected chi connectivity index (χ2v) is 6.64. The fraction of sp³-hybridized carbons (Fsp3) is 0.417. The number of para-hydroxylation sites is 1. The molecule has 0 bridgehead atoms. The van der Waals surface area contributed by atoms with Gasteiger partial charge in [0.05, 0.1) is 22.3 Å². The van der Waals surface area contributed by atoms with Crippen LogP contribution in [0.2, 0.25) is 0 Å². The van der Waals surface area contributed by atoms with Gasteiger partial charge in [0, 0.05) is 13.1 Å². The molecule has 2 unspecified atom stereocenters. The van der Waals surface area contributed by atoms with E-state index in [1.165, 1.54) is 6.07 Å². The Morgan fingerprint density at radius 1 is 1.39 bits per heavy atom. The third kappa shape index (κ3) is 1.86. The van der Waals surface area contributed by atoms with Crippen molar-refractivity contribution in [1.29, 1.82) is 0 Å². The maximum absolute atomic E-state index is 12.4. The molecule has 6 heteroatoms. The fourth-order valence-corrected chi connectivity index (χ4v) is 4.49. The Kier molecular flexibility index (Phi) is 3.06. The van der Waals surface area contributed by atoms with Crippen LogP contribution >= 0.6 is 0 Å². The summed E-state index contributed by atoms with van der Waals surface area (Å²) in [5.74, 6) is -1.09. The van der Waals surface area contributed by atoms with E-state index in [1.807, 2.05) is 4.90 Å². The summed E-state index contributed by atoms with van der Waals surface area (Å²) in [4.78, 5) is 12.9. The summed E-state index contributed by atoms with van der Waals surface area (Å²) in [6.45, 7) is 1.74. The van der Waals surface area contributed by atoms with Crippen LogP contribution in [-0.2, 0) is 14.6 Å². The Bertz CT molecular complexity index is 581. The topological polar surface area (TPSA) is 74.7 Å². The molecule has 18 heavy (non-hydrogen) atoms. The molecule has 1 aliphatic rings. The monoisotopic (exact) mass is 269 g/mol. The smallest absolute Gasteiger partial charge is 0.304 e. The number of anilines is 1. The van der Waals surface area contributed by atoms with Gasteiger partial charge in [0.25, 0.3) is 0 Å². The predicted octanol–water partition coefficient (Wildman–Crippen LogP) is 1.14. The molecule has 98 valence electrons. The van der Waals surface area contributed by atoms with E-state index in [2.05, 4.69) is 0 Å². The maximum atomic E-state index is 12.4. The van der Waals surface area contributed by atoms with E-state index < -0.39 is 21.1 Å². The van der Waals surface area contributed by atoms with Crippen molar-refractivity contribution in [3.63, 3.8) is 0 Å². The number of aliphatic carboxylic acids is 1. The highest BCUT2D eigenvalue weighted by Crippen LogP contribution is 2.37. The number of carboxylic acid groups (broad SMARTS) is 1. The first-order chi connectivity index (χ1) is 8.35. The highest BCUT2D eigenvalue weighted by molar-refractivity contribution is 7.92. The molecule has 0 aliphatic carbocycles. The van der Waals surface area contributed by atoms with Gasteiger partial charge in [0.2, 0.25) is 0 Å². The zero-order valence-corrected chi connectivity index (χ0v) is 11.0. The number of hydrogen-bond donors (Lipinski definition) is 1. The lowest BCUT2D eigenvalue weighted by Gasteiger charge is -2.38. The number of benzene rings is 1. The summed E-state index contributed by atoms with van der Waals surface area (Å²) in [6.07, 6.45) is -0.373. The van der Waals surface area contributed by atoms with Gasteiger partial charge in [-0.15, -0.1) is 0 Å². The first-order valence-electron chi connectivity index (χ1n) is 5.63. The Balaban J connectivity index is 2.59. The van der Waals surface area contributed by atoms with Gasteiger partial charge in [-0.3, -0.25) is 4.79 Å². The number of sulfone groups is 1. The van der Waals surface area contributed by atoms with Gasteiger partial charge in [-0.05, 0) is 19.1 Å². The summed E-state index contributed by atoms with van der Waals surface area (Å²) >= 11 is 0. The van der Waals surface area contributed by atoms with Crippen LogP contribution in [0.15, 0.2) is 29.2 Å². The number of carboxylic acids is 1. The molecular formula is C12H15NO4S. The van der Waals surface area contributed by atoms with Crippen molar-refractivity contribution in [2.45, 2.75) is 29.5 Å². The SMILES string of the molecule is CC1C(CC(=O)O)S(=O)(=O)c2ccccc2N1C. The Morgan fingerprint density at radius 2 is 2.00 bits per heavy atom. The van der Waals surface area contributed by atoms with E-state index in [0.717, 1.165) is 0 Å². The summed E-state index contributed by atoms with van der Waals surface area (Å²) in [5, 5.41) is 7.96. The zero-order valence-electron chi connectivity index (χ0n) is 10.2. The molecule has 1 aromatic rings. The van der Waals surface area contributed by atoms with Crippen molar-refractivity contribution < 1.29 is 18.3 Å². The molecule has 1 aromatic carbocycles. The lowest BCUT2D eigenvalue weighted by molar-refractivity contribution is -0.137. The molecule has 0 saturated carbocycles. The molecule has 1 N–H and O–H groups in total. The third-order valence-corrected chi connectivity index (χ3v) is 5.79. The van der Waals surface area contributed by atoms with E-state index in [4.69, 9.17) is 5.11 Å². The molecule has 0 aromatic heterocycles. The normalized spacial score (nSPS) is 25.6. The second kappa shape index (κ2) is 4.28. The fourth-order valence-electron chi connectivity index (χ4n) is 2.33. The largest absolute Gasteiger partial charge is 0.481 e. The first-order valence-corrected chi connectivity index (χ1v) is 7.18. The molecule has 0 amide bonds. The van der Waals surface area contributed by atoms with Gasteiger partial charge in [0.15, 0.2) is 9.84 Å². The Labute approximate surface area is 106 Å². The van der Waals surface area contributed by atoms with Gasteiger partial charge < -0.3 is 10.0 Å². The molecule has 0 fully saturated rings. The number of carbonyl (C=O) groups is 1. The molecule has 2 atom stereocenters. The van der Waals surface area contributed by atoms with Gasteiger partial charge in [-0.1, -0.05) is 12.1 Å². The van der Waals surface area contributed by atoms with Crippen LogP contribution in [0.5, 0.6) is 0 Å². The van der Waals surface area contributed by atoms with Crippen molar-refractivity contribution in [2.75, 3.05) is 11.9 Å². The molecule has 1 heterocycles. The van der Waals surface area contributed by atoms with Gasteiger partial charge in [-0.2, -0.15) is 0 Å². The van der Waals surface area contributed by atoms with Crippen LogP contribution in [0.3, 0.4) is 0 Å². The Hall–Kier alpha value is -1.56. The van der Waals surface area contributed by atoms with E-state index in [0.29, 0.717) is 5.69 Å². The molecule has 0 saturated heterocycles. The first kappa shape index (κ1) is 12.9. The summed E-state index contributed by atoms with van der Waals surface area (Å²) in [6, 6.07) is 6.33. The minimum Gasteiger partial charge on any atom is -0.481 e. The minimum atomic E-state index is -3.58. The summed E-state index contributed by atoms with van der Waals surface area (Å²) < 4.78 is 24.8. The Morgan fingerprint density at radius 3 is 2.61 bits per heavy atom. The highest BCUT2D eigenvalue weighted by atomic mass is 32.2. The van der Waals surface area contributed by atoms with Gasteiger partial charge in [0.1, 0.15) is 0 Å². The highest BCUT2D eigenvalue weighted by Gasteiger charge is 2.42. The maximum Gasteiger partial charge on any atom is 0.304 e. The van der Waals surface area contributed by atoms with Gasteiger partial charge in [-0.25, -0.2) is 8.42 Å². The van der Waals surface area contributed by atoms with Crippen molar-refractivity contribution in [1.82, 2.24) is 0 Å². The quantitative estimate of drug-likeness (QED) is 0.871. The van der Waals surface area contributed by atoms with Crippen molar-refractivity contribution in [2.24, 2.45) is 0 Å². The summed E-state index contributed by atoms with van der Waals surface area (Å²) in [7, 11) is -1.80. The predicted molar refractivity (Wildman–Crippen MR) is 67.5 cm³/mol. The molecule has 2 rings (SSSR count). The van der Waals surface area contributed by atoms with Crippen molar-refractivity contribution in [3.8, 4) is 0 Å². The van der Waals surface area contributed by atoms with Crippen LogP contribution in [0, 0.1) is 0 Å². The molecule has 5 nitrogen and oxygen atoms in total. The van der Waals surface area contributed by atoms with Crippen LogP contribution < -0.4 is 4.90 Å². The number of fused-ring (bicyclic) bond motifs is 1. The van der Waals surface area contributed by atoms with Crippen LogP contribution in [0.25, 0.3) is 0 Å². The van der Waals surface area contributed by atoms with Gasteiger partial charge >= 0.3 is 5.97 Å². The minimum absolute atomic E-state index is 0.219. The van der Waals surface area contributed by atoms with Crippen LogP contribution in [0.4, 0.5) is 5.69 Å². The standard InChI is InChI=1S/C12H15NO4S/c1-8-11(7-12(14)15)18(16,17)10-6-4-3-5-9(10)13(8)2/h3-6,8,11H,7H2,1-2H3,(H,14,15). The molecule has 0 radical (unpaired) electrons. The average Bonchev–Trinajstić information content (AvgIpc) is 2.32. The lowest BCUT2D eigenvalue weighted by Crippen LogP contribution is -2.48. The molecule has 0 spiro atoms. The third-order valence-electron chi connectivity index (χ3n) is 3.48. The van der Waals surface area contributed by atoms with Crippen LogP contribution in [0.1, 0.15) is 13.3 Å². The van der Waals surface area contributed by atoms with Crippen LogP contribution in [-0.4, -0.2) is 37.8 Å². The lowest BCUT2D eigenvalue weighted by atomic mass is 10.1. The van der Waals surface area contributed by atoms with E-state index in [9.17, 15) is 13.2 Å². The number of rotatable bonds is 2. The van der Waals surface area contributed by atoms with E-state index >= 15 is 0 Å². The van der Waals surface area contributed by atoms with Crippen molar-refractivity contribution >= 4 is 21.5 Å². The number of hydrogen-bond acceptors (Lipinski definition) is 4. The number of nitrogens with zero attached hydrogens (tertiary/aromatic N) is 1.